The number of aliphatic hydroxyl groups is 1. The van der Waals surface area contributed by atoms with Gasteiger partial charge in [0, 0.05) is 11.9 Å². The van der Waals surface area contributed by atoms with Gasteiger partial charge in [-0.25, -0.2) is 0 Å². The lowest BCUT2D eigenvalue weighted by Crippen LogP contribution is -2.24. The van der Waals surface area contributed by atoms with Crippen molar-refractivity contribution in [1.82, 2.24) is 0 Å². The minimum absolute atomic E-state index is 0.167. The smallest absolute Gasteiger partial charge is 0.134 e. The van der Waals surface area contributed by atoms with Crippen LogP contribution >= 0.6 is 7.34 Å². The predicted molar refractivity (Wildman–Crippen MR) is 57.2 cm³/mol. The molecule has 14 heavy (non-hydrogen) atoms. The van der Waals surface area contributed by atoms with E-state index in [0.717, 1.165) is 5.82 Å². The largest absolute Gasteiger partial charge is 0.390 e. The van der Waals surface area contributed by atoms with Gasteiger partial charge in [0.25, 0.3) is 0 Å². The Balaban J connectivity index is 2.64. The van der Waals surface area contributed by atoms with E-state index in [1.807, 2.05) is 0 Å². The molecule has 0 spiro atoms. The summed E-state index contributed by atoms with van der Waals surface area (Å²) in [6, 6.07) is -0.519. The van der Waals surface area contributed by atoms with Crippen LogP contribution in [0.3, 0.4) is 0 Å². The molecule has 1 fully saturated rings. The maximum absolute atomic E-state index is 9.60. The number of hydrogen-bond donors (Lipinski definition) is 3. The number of rotatable bonds is 2. The lowest BCUT2D eigenvalue weighted by molar-refractivity contribution is 0.0635. The molecule has 3 N–H and O–H groups in total. The third-order valence-corrected chi connectivity index (χ3v) is 2.87. The topological polar surface area (TPSA) is 69.9 Å². The monoisotopic (exact) mass is 216 g/mol. The van der Waals surface area contributed by atoms with Crippen LogP contribution in [0.25, 0.3) is 0 Å². The van der Waals surface area contributed by atoms with Crippen molar-refractivity contribution in [2.45, 2.75) is 25.1 Å². The first-order valence-electron chi connectivity index (χ1n) is 4.28. The van der Waals surface area contributed by atoms with E-state index in [0.29, 0.717) is 0 Å². The number of ether oxygens (including phenoxy) is 1. The molecule has 0 aromatic carbocycles. The molecule has 4 atom stereocenters. The fraction of sp³-hybridized carbons (Fsp3) is 0.625. The zero-order chi connectivity index (χ0) is 10.9. The van der Waals surface area contributed by atoms with Gasteiger partial charge in [0.15, 0.2) is 0 Å². The van der Waals surface area contributed by atoms with Crippen molar-refractivity contribution in [1.29, 1.82) is 0 Å². The molecule has 1 unspecified atom stereocenters. The summed E-state index contributed by atoms with van der Waals surface area (Å²) in [7, 11) is 2.35. The molecule has 1 heterocycles. The first-order valence-corrected chi connectivity index (χ1v) is 6.23. The van der Waals surface area contributed by atoms with Crippen LogP contribution in [0.2, 0.25) is 0 Å². The van der Waals surface area contributed by atoms with Gasteiger partial charge in [0.05, 0.1) is 6.10 Å². The van der Waals surface area contributed by atoms with Crippen LogP contribution < -0.4 is 0 Å². The van der Waals surface area contributed by atoms with Gasteiger partial charge in [-0.2, -0.15) is 0 Å². The Labute approximate surface area is 84.8 Å². The van der Waals surface area contributed by atoms with E-state index in [-0.39, 0.29) is 5.92 Å². The molecule has 1 saturated heterocycles. The highest BCUT2D eigenvalue weighted by atomic mass is 31.2. The van der Waals surface area contributed by atoms with Gasteiger partial charge in [-0.15, -0.1) is 0 Å². The van der Waals surface area contributed by atoms with E-state index in [9.17, 15) is 5.11 Å². The van der Waals surface area contributed by atoms with E-state index in [1.54, 1.807) is 6.92 Å². The summed E-state index contributed by atoms with van der Waals surface area (Å²) >= 11 is 0. The molecule has 1 rings (SSSR count). The lowest BCUT2D eigenvalue weighted by atomic mass is 9.86. The van der Waals surface area contributed by atoms with Crippen molar-refractivity contribution in [2.24, 2.45) is 5.92 Å². The second kappa shape index (κ2) is 4.21. The minimum Gasteiger partial charge on any atom is -0.390 e. The van der Waals surface area contributed by atoms with Crippen molar-refractivity contribution in [3.63, 3.8) is 0 Å². The van der Waals surface area contributed by atoms with Gasteiger partial charge < -0.3 is 19.6 Å². The molecular formula is C8H14BO4P. The molecule has 0 saturated carbocycles. The van der Waals surface area contributed by atoms with Crippen LogP contribution in [-0.4, -0.2) is 47.3 Å². The van der Waals surface area contributed by atoms with Gasteiger partial charge in [-0.3, -0.25) is 0 Å². The van der Waals surface area contributed by atoms with Gasteiger partial charge in [-0.05, 0) is 18.2 Å². The Morgan fingerprint density at radius 1 is 1.50 bits per heavy atom. The maximum atomic E-state index is 9.60. The molecule has 0 aromatic heterocycles. The molecule has 2 radical (unpaired) electrons. The second-order valence-corrected chi connectivity index (χ2v) is 5.41. The van der Waals surface area contributed by atoms with Crippen LogP contribution in [0.4, 0.5) is 0 Å². The standard InChI is InChI=1S/C8H14BO4P/c1-5-7(10)6(13-8(5)9)3-4-14(2,11)12/h3-8,10-12H,2H2,1H3/b4-3+/t5?,6-,7-,8-/m1/s1. The zero-order valence-electron chi connectivity index (χ0n) is 7.95. The van der Waals surface area contributed by atoms with Crippen molar-refractivity contribution in [2.75, 3.05) is 0 Å². The third kappa shape index (κ3) is 2.97. The van der Waals surface area contributed by atoms with Crippen LogP contribution in [0, 0.1) is 5.92 Å². The highest BCUT2D eigenvalue weighted by molar-refractivity contribution is 7.65. The van der Waals surface area contributed by atoms with Crippen LogP contribution in [0.15, 0.2) is 11.9 Å². The summed E-state index contributed by atoms with van der Waals surface area (Å²) in [5.74, 6) is 0.991. The first kappa shape index (κ1) is 12.0. The Morgan fingerprint density at radius 2 is 2.07 bits per heavy atom. The fourth-order valence-electron chi connectivity index (χ4n) is 1.26. The van der Waals surface area contributed by atoms with E-state index in [1.165, 1.54) is 6.08 Å². The molecule has 0 aromatic rings. The molecule has 1 aliphatic heterocycles. The summed E-state index contributed by atoms with van der Waals surface area (Å²) in [5.41, 5.74) is 0. The Bertz CT molecular complexity index is 275. The Hall–Kier alpha value is -0.0551. The van der Waals surface area contributed by atoms with Crippen LogP contribution in [0.5, 0.6) is 0 Å². The van der Waals surface area contributed by atoms with E-state index in [2.05, 4.69) is 6.30 Å². The Morgan fingerprint density at radius 3 is 2.43 bits per heavy atom. The maximum Gasteiger partial charge on any atom is 0.134 e. The van der Waals surface area contributed by atoms with Gasteiger partial charge in [0.1, 0.15) is 21.3 Å². The second-order valence-electron chi connectivity index (χ2n) is 3.54. The van der Waals surface area contributed by atoms with Crippen LogP contribution in [-0.2, 0) is 4.74 Å². The molecule has 6 heteroatoms. The number of aliphatic hydroxyl groups excluding tert-OH is 1. The highest BCUT2D eigenvalue weighted by Gasteiger charge is 2.36. The van der Waals surface area contributed by atoms with E-state index < -0.39 is 25.6 Å². The molecule has 0 bridgehead atoms. The molecule has 1 aliphatic rings. The average molecular weight is 216 g/mol. The first-order chi connectivity index (χ1) is 6.31. The van der Waals surface area contributed by atoms with E-state index in [4.69, 9.17) is 22.4 Å². The van der Waals surface area contributed by atoms with E-state index >= 15 is 0 Å². The highest BCUT2D eigenvalue weighted by Crippen LogP contribution is 2.36. The molecule has 78 valence electrons. The summed E-state index contributed by atoms with van der Waals surface area (Å²) in [6.07, 6.45) is 3.26. The van der Waals surface area contributed by atoms with Crippen molar-refractivity contribution in [3.8, 4) is 0 Å². The molecule has 4 nitrogen and oxygen atoms in total. The quantitative estimate of drug-likeness (QED) is 0.436. The predicted octanol–water partition coefficient (Wildman–Crippen LogP) is -0.345. The van der Waals surface area contributed by atoms with Gasteiger partial charge in [0.2, 0.25) is 0 Å². The van der Waals surface area contributed by atoms with Gasteiger partial charge >= 0.3 is 0 Å². The summed E-state index contributed by atoms with van der Waals surface area (Å²) in [6.45, 7) is 1.77. The van der Waals surface area contributed by atoms with Crippen molar-refractivity contribution >= 4 is 21.5 Å². The molecular weight excluding hydrogens is 202 g/mol. The third-order valence-electron chi connectivity index (χ3n) is 2.22. The lowest BCUT2D eigenvalue weighted by Gasteiger charge is -2.11. The summed E-state index contributed by atoms with van der Waals surface area (Å²) in [5, 5.41) is 9.60. The molecule has 0 aliphatic carbocycles. The minimum atomic E-state index is -3.20. The van der Waals surface area contributed by atoms with Gasteiger partial charge in [-0.1, -0.05) is 6.92 Å². The Kier molecular flexibility index (Phi) is 3.61. The van der Waals surface area contributed by atoms with Crippen molar-refractivity contribution in [3.05, 3.63) is 11.9 Å². The number of hydrogen-bond acceptors (Lipinski definition) is 4. The fourth-order valence-corrected chi connectivity index (χ4v) is 1.71. The van der Waals surface area contributed by atoms with Crippen LogP contribution in [0.1, 0.15) is 6.92 Å². The molecule has 0 amide bonds. The summed E-state index contributed by atoms with van der Waals surface area (Å²) < 4.78 is 5.19. The van der Waals surface area contributed by atoms with Crippen molar-refractivity contribution < 1.29 is 19.6 Å². The average Bonchev–Trinajstić information content (AvgIpc) is 2.28. The summed E-state index contributed by atoms with van der Waals surface area (Å²) in [4.78, 5) is 18.0. The SMILES string of the molecule is [B][C@@H]1O[C@H](/C=C/P(=C)(O)O)[C@H](O)C1C. The normalized spacial score (nSPS) is 39.4. The zero-order valence-corrected chi connectivity index (χ0v) is 8.84.